The van der Waals surface area contributed by atoms with E-state index in [4.69, 9.17) is 44.4 Å². The standard InChI is InChI=1S/C12H13NO2P.2C11H11NO2P.C11H11NOP.C10H8IN.CH3OP/c1-3-15-16(14)12-8-10(2)7-11(9-12)5-4-6-13;2*1-9-6-10(4-3-5-12)8-11(7-9)15(13)14-2;1-9-6-10(4-3-5-12)8-11(7-9)14(2)13;1-8-5-9(3-2-4-12)7-10(11)6-8;1-3-2/h4-5,7-9H,3H2,1-2H3;2*3-4,6-8H,1-2H3;3-4,6-8H,1-2H3;2-3,5-7H,1H3;1H3/q4*+1;;/p+1/b5-4+;3*4-3+;3-2+;. The molecule has 0 radical (unpaired) electrons. The van der Waals surface area contributed by atoms with E-state index in [0.717, 1.165) is 55.4 Å². The van der Waals surface area contributed by atoms with Gasteiger partial charge in [-0.1, -0.05) is 39.5 Å². The van der Waals surface area contributed by atoms with Crippen LogP contribution in [0, 0.1) is 94.8 Å². The molecule has 0 heterocycles. The molecule has 0 fully saturated rings. The molecule has 5 rings (SSSR count). The Morgan fingerprint density at radius 2 is 0.720 bits per heavy atom. The van der Waals surface area contributed by atoms with Gasteiger partial charge >= 0.3 is 40.3 Å². The van der Waals surface area contributed by atoms with Crippen molar-refractivity contribution in [3.8, 4) is 30.3 Å². The molecule has 0 spiro atoms. The monoisotopic (exact) mass is 1210 g/mol. The maximum Gasteiger partial charge on any atom is 0.548 e. The lowest BCUT2D eigenvalue weighted by Gasteiger charge is -1.97. The van der Waals surface area contributed by atoms with Crippen LogP contribution in [0.3, 0.4) is 0 Å². The van der Waals surface area contributed by atoms with Gasteiger partial charge in [-0.3, -0.25) is 0 Å². The van der Waals surface area contributed by atoms with Crippen LogP contribution in [0.1, 0.15) is 62.6 Å². The fourth-order valence-electron chi connectivity index (χ4n) is 5.98. The Kier molecular flexibility index (Phi) is 37.1. The topological polar surface area (TPSA) is 232 Å². The quantitative estimate of drug-likeness (QED) is 0.0607. The van der Waals surface area contributed by atoms with Crippen molar-refractivity contribution in [1.29, 1.82) is 26.3 Å². The van der Waals surface area contributed by atoms with Gasteiger partial charge in [0.15, 0.2) is 5.30 Å². The maximum atomic E-state index is 11.7. The van der Waals surface area contributed by atoms with Crippen molar-refractivity contribution >= 4 is 115 Å². The lowest BCUT2D eigenvalue weighted by Crippen LogP contribution is -2.00. The summed E-state index contributed by atoms with van der Waals surface area (Å²) in [7, 11) is -4.02. The van der Waals surface area contributed by atoms with Gasteiger partial charge in [0, 0.05) is 52.1 Å². The predicted molar refractivity (Wildman–Crippen MR) is 317 cm³/mol. The summed E-state index contributed by atoms with van der Waals surface area (Å²) >= 11 is 2.27. The molecule has 5 atom stereocenters. The first kappa shape index (κ1) is 68.4. The highest BCUT2D eigenvalue weighted by atomic mass is 127. The predicted octanol–water partition coefficient (Wildman–Crippen LogP) is 14.4. The molecular formula is C56H58IN5O8P5+5. The number of hydrogen-bond donors (Lipinski definition) is 0. The van der Waals surface area contributed by atoms with Crippen LogP contribution in [0.4, 0.5) is 0 Å². The molecule has 382 valence electrons. The molecule has 13 nitrogen and oxygen atoms in total. The van der Waals surface area contributed by atoms with Crippen LogP contribution >= 0.6 is 62.9 Å². The zero-order chi connectivity index (χ0) is 56.7. The highest BCUT2D eigenvalue weighted by Crippen LogP contribution is 2.24. The molecule has 0 N–H and O–H groups in total. The van der Waals surface area contributed by atoms with Gasteiger partial charge in [0.2, 0.25) is 15.9 Å². The van der Waals surface area contributed by atoms with E-state index >= 15 is 0 Å². The molecule has 0 bridgehead atoms. The van der Waals surface area contributed by atoms with Crippen LogP contribution < -0.4 is 21.2 Å². The minimum Gasteiger partial charge on any atom is -0.193 e. The highest BCUT2D eigenvalue weighted by molar-refractivity contribution is 14.1. The van der Waals surface area contributed by atoms with Crippen LogP contribution in [0.15, 0.2) is 121 Å². The Morgan fingerprint density at radius 3 is 0.973 bits per heavy atom. The normalized spacial score (nSPS) is 11.0. The third-order valence-electron chi connectivity index (χ3n) is 8.73. The zero-order valence-electron chi connectivity index (χ0n) is 43.3. The molecule has 75 heavy (non-hydrogen) atoms. The summed E-state index contributed by atoms with van der Waals surface area (Å²) < 4.78 is 70.6. The number of allylic oxidation sites excluding steroid dienone is 5. The van der Waals surface area contributed by atoms with Crippen LogP contribution in [-0.4, -0.2) is 34.2 Å². The molecule has 0 aliphatic heterocycles. The summed E-state index contributed by atoms with van der Waals surface area (Å²) in [4.78, 5) is 0. The number of aryl methyl sites for hydroxylation is 5. The van der Waals surface area contributed by atoms with Crippen molar-refractivity contribution in [1.82, 2.24) is 0 Å². The molecule has 19 heteroatoms. The van der Waals surface area contributed by atoms with E-state index in [0.29, 0.717) is 22.5 Å². The third kappa shape index (κ3) is 31.0. The molecule has 0 amide bonds. The summed E-state index contributed by atoms with van der Waals surface area (Å²) in [5.74, 6) is 0. The second kappa shape index (κ2) is 40.7. The van der Waals surface area contributed by atoms with Gasteiger partial charge in [0.05, 0.1) is 44.6 Å². The van der Waals surface area contributed by atoms with Crippen molar-refractivity contribution in [3.05, 3.63) is 181 Å². The Balaban J connectivity index is 0.000000902. The first-order chi connectivity index (χ1) is 35.8. The average molecular weight is 1210 g/mol. The van der Waals surface area contributed by atoms with Crippen LogP contribution in [0.2, 0.25) is 0 Å². The van der Waals surface area contributed by atoms with Gasteiger partial charge in [-0.05, 0) is 206 Å². The SMILES string of the molecule is CCO[P+](=O)c1cc(C)cc(/C=C/C#N)c1.CO[P+](=O)c1cc(C)cc(/C=C/C#N)c1.CO[P+](=O)c1cc(C)cc(/C=C/C#N)c1.C[PH+]=O.Cc1cc(/C=C/C#N)cc([P+](C)=O)c1.Cc1cc(I)cc(/C=C/C#N)c1. The fraction of sp³-hybridized carbons (Fsp3) is 0.196. The van der Waals surface area contributed by atoms with E-state index in [1.165, 1.54) is 53.7 Å². The van der Waals surface area contributed by atoms with Crippen molar-refractivity contribution in [2.75, 3.05) is 34.2 Å². The van der Waals surface area contributed by atoms with Gasteiger partial charge < -0.3 is 0 Å². The lowest BCUT2D eigenvalue weighted by molar-refractivity contribution is 0.357. The number of nitriles is 5. The summed E-state index contributed by atoms with van der Waals surface area (Å²) in [5, 5.41) is 44.7. The first-order valence-electron chi connectivity index (χ1n) is 22.2. The van der Waals surface area contributed by atoms with Gasteiger partial charge in [-0.2, -0.15) is 26.3 Å². The van der Waals surface area contributed by atoms with Gasteiger partial charge in [-0.25, -0.2) is 0 Å². The van der Waals surface area contributed by atoms with E-state index < -0.39 is 31.9 Å². The average Bonchev–Trinajstić information content (AvgIpc) is 3.37. The molecular weight excluding hydrogens is 1150 g/mol. The summed E-state index contributed by atoms with van der Waals surface area (Å²) in [6.07, 6.45) is 15.6. The Labute approximate surface area is 460 Å². The lowest BCUT2D eigenvalue weighted by atomic mass is 10.1. The Bertz CT molecular complexity index is 3050. The largest absolute Gasteiger partial charge is 0.548 e. The summed E-state index contributed by atoms with van der Waals surface area (Å²) in [6, 6.07) is 38.0. The van der Waals surface area contributed by atoms with E-state index in [9.17, 15) is 18.3 Å². The van der Waals surface area contributed by atoms with Gasteiger partial charge in [0.1, 0.15) is 19.9 Å². The van der Waals surface area contributed by atoms with E-state index in [-0.39, 0.29) is 8.46 Å². The van der Waals surface area contributed by atoms with Crippen molar-refractivity contribution in [2.24, 2.45) is 0 Å². The van der Waals surface area contributed by atoms with Gasteiger partial charge in [0.25, 0.3) is 0 Å². The third-order valence-corrected chi connectivity index (χ3v) is 13.5. The second-order valence-electron chi connectivity index (χ2n) is 15.0. The van der Waals surface area contributed by atoms with Crippen molar-refractivity contribution < 1.29 is 36.4 Å². The van der Waals surface area contributed by atoms with E-state index in [1.807, 2.05) is 132 Å². The second-order valence-corrected chi connectivity index (χ2v) is 22.3. The van der Waals surface area contributed by atoms with Crippen LogP contribution in [0.5, 0.6) is 0 Å². The smallest absolute Gasteiger partial charge is 0.193 e. The summed E-state index contributed by atoms with van der Waals surface area (Å²) in [6.45, 7) is 15.2. The number of hydrogen-bond acceptors (Lipinski definition) is 13. The zero-order valence-corrected chi connectivity index (χ0v) is 50.0. The Morgan fingerprint density at radius 1 is 0.467 bits per heavy atom. The molecule has 5 aromatic carbocycles. The molecule has 0 saturated heterocycles. The highest BCUT2D eigenvalue weighted by Gasteiger charge is 2.23. The number of benzene rings is 5. The molecule has 0 aliphatic carbocycles. The Hall–Kier alpha value is -6.64. The molecule has 5 aromatic rings. The minimum atomic E-state index is -1.79. The van der Waals surface area contributed by atoms with E-state index in [2.05, 4.69) is 34.7 Å². The van der Waals surface area contributed by atoms with E-state index in [1.54, 1.807) is 62.8 Å². The molecule has 0 aliphatic rings. The van der Waals surface area contributed by atoms with Crippen molar-refractivity contribution in [2.45, 2.75) is 41.5 Å². The maximum absolute atomic E-state index is 11.7. The molecule has 0 aromatic heterocycles. The number of nitrogens with zero attached hydrogens (tertiary/aromatic N) is 5. The van der Waals surface area contributed by atoms with Crippen LogP contribution in [0.25, 0.3) is 30.4 Å². The van der Waals surface area contributed by atoms with Crippen LogP contribution in [-0.2, 0) is 36.4 Å². The first-order valence-corrected chi connectivity index (χ1v) is 29.9. The summed E-state index contributed by atoms with van der Waals surface area (Å²) in [5.41, 5.74) is 9.84. The minimum absolute atomic E-state index is 0.167. The number of halogens is 1. The fourth-order valence-corrected chi connectivity index (χ4v) is 10.0. The van der Waals surface area contributed by atoms with Gasteiger partial charge in [-0.15, -0.1) is 13.6 Å². The number of rotatable bonds is 13. The molecule has 0 saturated carbocycles. The van der Waals surface area contributed by atoms with Crippen molar-refractivity contribution in [3.63, 3.8) is 0 Å². The molecule has 5 unspecified atom stereocenters.